The first-order valence-corrected chi connectivity index (χ1v) is 8.15. The fraction of sp³-hybridized carbons (Fsp3) is 0.455. The summed E-state index contributed by atoms with van der Waals surface area (Å²) >= 11 is 3.46. The second kappa shape index (κ2) is 6.49. The molecule has 0 heterocycles. The molecule has 96 valence electrons. The molecule has 0 aliphatic carbocycles. The lowest BCUT2D eigenvalue weighted by Gasteiger charge is -2.16. The molecule has 0 fully saturated rings. The zero-order valence-electron chi connectivity index (χ0n) is 9.69. The van der Waals surface area contributed by atoms with Crippen molar-refractivity contribution in [2.24, 2.45) is 5.84 Å². The van der Waals surface area contributed by atoms with Crippen molar-refractivity contribution in [2.45, 2.75) is 18.9 Å². The van der Waals surface area contributed by atoms with Crippen molar-refractivity contribution in [3.8, 4) is 0 Å². The molecule has 1 rings (SSSR count). The van der Waals surface area contributed by atoms with Gasteiger partial charge in [0, 0.05) is 16.8 Å². The molecule has 6 heteroatoms. The summed E-state index contributed by atoms with van der Waals surface area (Å²) in [5.74, 6) is 5.59. The van der Waals surface area contributed by atoms with E-state index < -0.39 is 9.84 Å². The zero-order chi connectivity index (χ0) is 12.9. The van der Waals surface area contributed by atoms with Gasteiger partial charge in [-0.2, -0.15) is 0 Å². The van der Waals surface area contributed by atoms with Crippen LogP contribution in [-0.4, -0.2) is 26.5 Å². The van der Waals surface area contributed by atoms with E-state index in [9.17, 15) is 8.42 Å². The minimum absolute atomic E-state index is 0.0385. The Hall–Kier alpha value is -0.430. The summed E-state index contributed by atoms with van der Waals surface area (Å²) < 4.78 is 23.2. The van der Waals surface area contributed by atoms with Crippen LogP contribution in [0, 0.1) is 0 Å². The van der Waals surface area contributed by atoms with Gasteiger partial charge in [0.2, 0.25) is 0 Å². The smallest absolute Gasteiger partial charge is 0.147 e. The van der Waals surface area contributed by atoms with Crippen LogP contribution in [0.2, 0.25) is 0 Å². The number of rotatable bonds is 6. The number of hydrogen-bond donors (Lipinski definition) is 2. The quantitative estimate of drug-likeness (QED) is 0.611. The first kappa shape index (κ1) is 14.6. The topological polar surface area (TPSA) is 72.2 Å². The highest BCUT2D eigenvalue weighted by Gasteiger charge is 2.12. The molecule has 0 saturated heterocycles. The SMILES string of the molecule is CS(=O)(=O)CCC(Cc1ccccc1Br)NN. The average Bonchev–Trinajstić information content (AvgIpc) is 2.25. The molecule has 0 aromatic heterocycles. The third kappa shape index (κ3) is 5.63. The summed E-state index contributed by atoms with van der Waals surface area (Å²) in [5.41, 5.74) is 3.78. The molecule has 0 aliphatic heterocycles. The maximum absolute atomic E-state index is 11.1. The Kier molecular flexibility index (Phi) is 5.58. The zero-order valence-corrected chi connectivity index (χ0v) is 12.1. The Bertz CT molecular complexity index is 462. The fourth-order valence-electron chi connectivity index (χ4n) is 1.53. The van der Waals surface area contributed by atoms with Crippen molar-refractivity contribution in [3.05, 3.63) is 34.3 Å². The van der Waals surface area contributed by atoms with E-state index in [1.165, 1.54) is 6.26 Å². The van der Waals surface area contributed by atoms with Crippen molar-refractivity contribution in [1.82, 2.24) is 5.43 Å². The Morgan fingerprint density at radius 1 is 1.41 bits per heavy atom. The van der Waals surface area contributed by atoms with E-state index in [-0.39, 0.29) is 11.8 Å². The van der Waals surface area contributed by atoms with Gasteiger partial charge in [0.15, 0.2) is 0 Å². The van der Waals surface area contributed by atoms with E-state index in [1.54, 1.807) is 0 Å². The summed E-state index contributed by atoms with van der Waals surface area (Å²) in [6, 6.07) is 7.80. The van der Waals surface area contributed by atoms with Gasteiger partial charge in [-0.25, -0.2) is 8.42 Å². The third-order valence-corrected chi connectivity index (χ3v) is 4.25. The van der Waals surface area contributed by atoms with Gasteiger partial charge >= 0.3 is 0 Å². The van der Waals surface area contributed by atoms with E-state index >= 15 is 0 Å². The van der Waals surface area contributed by atoms with Crippen LogP contribution in [0.25, 0.3) is 0 Å². The number of hydrazine groups is 1. The molecule has 1 unspecified atom stereocenters. The van der Waals surface area contributed by atoms with Crippen molar-refractivity contribution < 1.29 is 8.42 Å². The molecule has 0 radical (unpaired) electrons. The van der Waals surface area contributed by atoms with Crippen LogP contribution < -0.4 is 11.3 Å². The average molecular weight is 321 g/mol. The van der Waals surface area contributed by atoms with Crippen LogP contribution in [0.1, 0.15) is 12.0 Å². The second-order valence-electron chi connectivity index (χ2n) is 4.08. The van der Waals surface area contributed by atoms with Crippen molar-refractivity contribution >= 4 is 25.8 Å². The summed E-state index contributed by atoms with van der Waals surface area (Å²) in [4.78, 5) is 0. The molecule has 0 saturated carbocycles. The summed E-state index contributed by atoms with van der Waals surface area (Å²) in [6.07, 6.45) is 2.45. The molecule has 3 N–H and O–H groups in total. The number of halogens is 1. The van der Waals surface area contributed by atoms with Crippen molar-refractivity contribution in [1.29, 1.82) is 0 Å². The monoisotopic (exact) mass is 320 g/mol. The summed E-state index contributed by atoms with van der Waals surface area (Å²) in [6.45, 7) is 0. The Morgan fingerprint density at radius 2 is 2.06 bits per heavy atom. The number of nitrogens with one attached hydrogen (secondary N) is 1. The third-order valence-electron chi connectivity index (χ3n) is 2.50. The molecule has 0 bridgehead atoms. The minimum atomic E-state index is -2.94. The van der Waals surface area contributed by atoms with Crippen molar-refractivity contribution in [3.63, 3.8) is 0 Å². The van der Waals surface area contributed by atoms with Crippen LogP contribution in [0.3, 0.4) is 0 Å². The minimum Gasteiger partial charge on any atom is -0.271 e. The molecule has 0 spiro atoms. The maximum Gasteiger partial charge on any atom is 0.147 e. The maximum atomic E-state index is 11.1. The standard InChI is InChI=1S/C11H17BrN2O2S/c1-17(15,16)7-6-10(14-13)8-9-4-2-3-5-11(9)12/h2-5,10,14H,6-8,13H2,1H3. The molecule has 4 nitrogen and oxygen atoms in total. The largest absolute Gasteiger partial charge is 0.271 e. The Balaban J connectivity index is 2.61. The highest BCUT2D eigenvalue weighted by atomic mass is 79.9. The van der Waals surface area contributed by atoms with Crippen LogP contribution in [-0.2, 0) is 16.3 Å². The highest BCUT2D eigenvalue weighted by Crippen LogP contribution is 2.18. The molecule has 0 aliphatic rings. The first-order valence-electron chi connectivity index (χ1n) is 5.29. The van der Waals surface area contributed by atoms with Gasteiger partial charge in [-0.1, -0.05) is 34.1 Å². The Morgan fingerprint density at radius 3 is 2.59 bits per heavy atom. The van der Waals surface area contributed by atoms with Gasteiger partial charge in [0.05, 0.1) is 5.75 Å². The number of benzene rings is 1. The van der Waals surface area contributed by atoms with Gasteiger partial charge in [0.25, 0.3) is 0 Å². The van der Waals surface area contributed by atoms with Gasteiger partial charge < -0.3 is 0 Å². The van der Waals surface area contributed by atoms with E-state index in [2.05, 4.69) is 21.4 Å². The van der Waals surface area contributed by atoms with E-state index in [1.807, 2.05) is 24.3 Å². The van der Waals surface area contributed by atoms with Gasteiger partial charge in [-0.05, 0) is 24.5 Å². The Labute approximate surface area is 111 Å². The number of nitrogens with two attached hydrogens (primary N) is 1. The van der Waals surface area contributed by atoms with Gasteiger partial charge in [0.1, 0.15) is 9.84 Å². The highest BCUT2D eigenvalue weighted by molar-refractivity contribution is 9.10. The van der Waals surface area contributed by atoms with E-state index in [4.69, 9.17) is 5.84 Å². The normalized spacial score (nSPS) is 13.6. The molecular formula is C11H17BrN2O2S. The van der Waals surface area contributed by atoms with Crippen molar-refractivity contribution in [2.75, 3.05) is 12.0 Å². The summed E-state index contributed by atoms with van der Waals surface area (Å²) in [5, 5.41) is 0. The molecule has 1 aromatic rings. The predicted molar refractivity (Wildman–Crippen MR) is 73.3 cm³/mol. The lowest BCUT2D eigenvalue weighted by atomic mass is 10.0. The lowest BCUT2D eigenvalue weighted by Crippen LogP contribution is -2.38. The first-order chi connectivity index (χ1) is 7.92. The lowest BCUT2D eigenvalue weighted by molar-refractivity contribution is 0.506. The molecule has 0 amide bonds. The molecule has 1 atom stereocenters. The number of sulfone groups is 1. The summed E-state index contributed by atoms with van der Waals surface area (Å²) in [7, 11) is -2.94. The van der Waals surface area contributed by atoms with Crippen LogP contribution in [0.5, 0.6) is 0 Å². The van der Waals surface area contributed by atoms with Crippen LogP contribution in [0.15, 0.2) is 28.7 Å². The van der Waals surface area contributed by atoms with Crippen LogP contribution >= 0.6 is 15.9 Å². The van der Waals surface area contributed by atoms with Gasteiger partial charge in [-0.3, -0.25) is 11.3 Å². The molecule has 1 aromatic carbocycles. The molecular weight excluding hydrogens is 304 g/mol. The second-order valence-corrected chi connectivity index (χ2v) is 7.19. The number of hydrogen-bond acceptors (Lipinski definition) is 4. The molecule has 17 heavy (non-hydrogen) atoms. The van der Waals surface area contributed by atoms with Gasteiger partial charge in [-0.15, -0.1) is 0 Å². The fourth-order valence-corrected chi connectivity index (χ4v) is 2.69. The van der Waals surface area contributed by atoms with Crippen LogP contribution in [0.4, 0.5) is 0 Å². The predicted octanol–water partition coefficient (Wildman–Crippen LogP) is 1.26. The van der Waals surface area contributed by atoms with E-state index in [0.29, 0.717) is 12.8 Å². The van der Waals surface area contributed by atoms with E-state index in [0.717, 1.165) is 10.0 Å².